The van der Waals surface area contributed by atoms with Crippen molar-refractivity contribution in [1.82, 2.24) is 24.7 Å². The normalized spacial score (nSPS) is 21.4. The van der Waals surface area contributed by atoms with Crippen LogP contribution in [-0.4, -0.2) is 70.9 Å². The van der Waals surface area contributed by atoms with Gasteiger partial charge in [-0.3, -0.25) is 19.1 Å². The number of H-pyrrole nitrogens is 1. The molecule has 184 valence electrons. The maximum absolute atomic E-state index is 14.6. The van der Waals surface area contributed by atoms with Crippen LogP contribution >= 0.6 is 0 Å². The van der Waals surface area contributed by atoms with Crippen LogP contribution in [0, 0.1) is 11.2 Å². The predicted octanol–water partition coefficient (Wildman–Crippen LogP) is 2.65. The lowest BCUT2D eigenvalue weighted by molar-refractivity contribution is -0.135. The zero-order valence-corrected chi connectivity index (χ0v) is 19.9. The molecule has 34 heavy (non-hydrogen) atoms. The zero-order chi connectivity index (χ0) is 23.9. The van der Waals surface area contributed by atoms with Gasteiger partial charge < -0.3 is 15.2 Å². The van der Waals surface area contributed by atoms with Gasteiger partial charge in [-0.25, -0.2) is 9.18 Å². The van der Waals surface area contributed by atoms with Gasteiger partial charge in [0.25, 0.3) is 5.91 Å². The number of piperidine rings is 2. The number of nitrogens with one attached hydrogen (secondary N) is 2. The van der Waals surface area contributed by atoms with Gasteiger partial charge in [0.2, 0.25) is 5.91 Å². The molecule has 0 atom stereocenters. The van der Waals surface area contributed by atoms with E-state index in [-0.39, 0.29) is 23.2 Å². The highest BCUT2D eigenvalue weighted by Gasteiger charge is 2.38. The summed E-state index contributed by atoms with van der Waals surface area (Å²) in [5.41, 5.74) is 1.04. The van der Waals surface area contributed by atoms with Crippen LogP contribution in [0.5, 0.6) is 0 Å². The molecule has 2 aromatic rings. The van der Waals surface area contributed by atoms with Crippen molar-refractivity contribution < 1.29 is 14.0 Å². The first-order chi connectivity index (χ1) is 16.4. The summed E-state index contributed by atoms with van der Waals surface area (Å²) in [5.74, 6) is -0.971. The van der Waals surface area contributed by atoms with Crippen LogP contribution < -0.4 is 11.0 Å². The van der Waals surface area contributed by atoms with Crippen molar-refractivity contribution in [1.29, 1.82) is 0 Å². The van der Waals surface area contributed by atoms with Crippen molar-refractivity contribution in [2.45, 2.75) is 57.4 Å². The summed E-state index contributed by atoms with van der Waals surface area (Å²) in [6.45, 7) is 3.61. The van der Waals surface area contributed by atoms with Gasteiger partial charge in [-0.1, -0.05) is 12.8 Å². The Morgan fingerprint density at radius 1 is 1.09 bits per heavy atom. The van der Waals surface area contributed by atoms with E-state index in [0.29, 0.717) is 48.9 Å². The quantitative estimate of drug-likeness (QED) is 0.717. The minimum atomic E-state index is -0.649. The number of hydrogen-bond acceptors (Lipinski definition) is 4. The van der Waals surface area contributed by atoms with Crippen molar-refractivity contribution in [2.75, 3.05) is 39.8 Å². The molecule has 2 amide bonds. The first-order valence-corrected chi connectivity index (χ1v) is 12.6. The fourth-order valence-electron chi connectivity index (χ4n) is 6.30. The molecule has 8 nitrogen and oxygen atoms in total. The molecule has 3 fully saturated rings. The molecule has 0 radical (unpaired) electrons. The van der Waals surface area contributed by atoms with E-state index in [1.807, 2.05) is 4.90 Å². The lowest BCUT2D eigenvalue weighted by Gasteiger charge is -2.40. The molecule has 1 aliphatic carbocycles. The van der Waals surface area contributed by atoms with Crippen LogP contribution in [0.15, 0.2) is 16.9 Å². The minimum Gasteiger partial charge on any atom is -0.355 e. The van der Waals surface area contributed by atoms with Crippen molar-refractivity contribution in [3.8, 4) is 0 Å². The van der Waals surface area contributed by atoms with Crippen LogP contribution in [0.4, 0.5) is 4.39 Å². The van der Waals surface area contributed by atoms with Gasteiger partial charge in [-0.2, -0.15) is 0 Å². The van der Waals surface area contributed by atoms with Gasteiger partial charge in [0.1, 0.15) is 5.82 Å². The highest BCUT2D eigenvalue weighted by molar-refractivity contribution is 5.97. The molecule has 3 aliphatic rings. The maximum atomic E-state index is 14.6. The Bertz CT molecular complexity index is 1130. The third-order valence-electron chi connectivity index (χ3n) is 8.40. The summed E-state index contributed by atoms with van der Waals surface area (Å²) >= 11 is 0. The van der Waals surface area contributed by atoms with Gasteiger partial charge in [0.05, 0.1) is 23.1 Å². The van der Waals surface area contributed by atoms with Crippen LogP contribution in [0.1, 0.15) is 67.8 Å². The van der Waals surface area contributed by atoms with Gasteiger partial charge in [0.15, 0.2) is 0 Å². The molecule has 3 heterocycles. The molecule has 0 unspecified atom stereocenters. The summed E-state index contributed by atoms with van der Waals surface area (Å²) in [7, 11) is 1.44. The number of fused-ring (bicyclic) bond motifs is 1. The number of carbonyl (C=O) groups excluding carboxylic acids is 2. The second-order valence-corrected chi connectivity index (χ2v) is 10.3. The second kappa shape index (κ2) is 9.17. The van der Waals surface area contributed by atoms with E-state index >= 15 is 0 Å². The molecular formula is C25H34FN5O3. The molecule has 2 N–H and O–H groups in total. The highest BCUT2D eigenvalue weighted by Crippen LogP contribution is 2.46. The number of benzene rings is 1. The fourth-order valence-corrected chi connectivity index (χ4v) is 6.30. The first kappa shape index (κ1) is 23.1. The summed E-state index contributed by atoms with van der Waals surface area (Å²) in [6, 6.07) is 2.58. The third kappa shape index (κ3) is 4.26. The van der Waals surface area contributed by atoms with Gasteiger partial charge in [0, 0.05) is 45.3 Å². The van der Waals surface area contributed by atoms with E-state index < -0.39 is 11.7 Å². The number of halogens is 1. The molecule has 1 aromatic carbocycles. The van der Waals surface area contributed by atoms with Crippen molar-refractivity contribution in [2.24, 2.45) is 5.41 Å². The summed E-state index contributed by atoms with van der Waals surface area (Å²) < 4.78 is 16.2. The monoisotopic (exact) mass is 471 g/mol. The lowest BCUT2D eigenvalue weighted by atomic mass is 9.77. The highest BCUT2D eigenvalue weighted by atomic mass is 19.1. The van der Waals surface area contributed by atoms with E-state index in [2.05, 4.69) is 15.2 Å². The fraction of sp³-hybridized carbons (Fsp3) is 0.640. The van der Waals surface area contributed by atoms with Gasteiger partial charge >= 0.3 is 5.69 Å². The lowest BCUT2D eigenvalue weighted by Crippen LogP contribution is -2.48. The number of imidazole rings is 1. The van der Waals surface area contributed by atoms with E-state index in [0.717, 1.165) is 25.9 Å². The van der Waals surface area contributed by atoms with Crippen molar-refractivity contribution in [3.63, 3.8) is 0 Å². The third-order valence-corrected chi connectivity index (χ3v) is 8.40. The molecule has 5 rings (SSSR count). The summed E-state index contributed by atoms with van der Waals surface area (Å²) in [5, 5.41) is 2.41. The minimum absolute atomic E-state index is 0.0740. The average Bonchev–Trinajstić information content (AvgIpc) is 3.42. The number of rotatable bonds is 4. The molecular weight excluding hydrogens is 437 g/mol. The number of carbonyl (C=O) groups is 2. The molecule has 2 aliphatic heterocycles. The summed E-state index contributed by atoms with van der Waals surface area (Å²) in [4.78, 5) is 44.4. The Morgan fingerprint density at radius 3 is 2.41 bits per heavy atom. The van der Waals surface area contributed by atoms with Crippen LogP contribution in [0.3, 0.4) is 0 Å². The molecule has 0 bridgehead atoms. The Labute approximate surface area is 198 Å². The number of amides is 2. The zero-order valence-electron chi connectivity index (χ0n) is 19.9. The topological polar surface area (TPSA) is 90.4 Å². The van der Waals surface area contributed by atoms with Gasteiger partial charge in [-0.05, 0) is 50.0 Å². The number of hydrogen-bond donors (Lipinski definition) is 2. The van der Waals surface area contributed by atoms with Gasteiger partial charge in [-0.15, -0.1) is 0 Å². The Hall–Kier alpha value is -2.68. The number of aromatic amines is 1. The number of aromatic nitrogens is 2. The van der Waals surface area contributed by atoms with E-state index in [9.17, 15) is 18.8 Å². The predicted molar refractivity (Wildman–Crippen MR) is 127 cm³/mol. The maximum Gasteiger partial charge on any atom is 0.326 e. The van der Waals surface area contributed by atoms with Crippen molar-refractivity contribution >= 4 is 22.8 Å². The molecule has 9 heteroatoms. The first-order valence-electron chi connectivity index (χ1n) is 12.6. The molecule has 2 saturated heterocycles. The molecule has 1 aromatic heterocycles. The van der Waals surface area contributed by atoms with E-state index in [1.165, 1.54) is 44.9 Å². The number of nitrogens with zero attached hydrogens (tertiary/aromatic N) is 3. The van der Waals surface area contributed by atoms with E-state index in [1.54, 1.807) is 4.57 Å². The van der Waals surface area contributed by atoms with E-state index in [4.69, 9.17) is 0 Å². The van der Waals surface area contributed by atoms with Crippen molar-refractivity contribution in [3.05, 3.63) is 34.0 Å². The second-order valence-electron chi connectivity index (χ2n) is 10.3. The van der Waals surface area contributed by atoms with Crippen LogP contribution in [0.2, 0.25) is 0 Å². The smallest absolute Gasteiger partial charge is 0.326 e. The van der Waals surface area contributed by atoms with Crippen LogP contribution in [0.25, 0.3) is 11.0 Å². The number of likely N-dealkylation sites (tertiary alicyclic amines) is 2. The average molecular weight is 472 g/mol. The SMILES string of the molecule is CNC(=O)c1cc2[nH]c(=O)n(C3CCN(CC(=O)N4CCC5(CCCC5)CC4)CC3)c2cc1F. The van der Waals surface area contributed by atoms with Crippen LogP contribution in [-0.2, 0) is 4.79 Å². The largest absolute Gasteiger partial charge is 0.355 e. The molecule has 1 spiro atoms. The Morgan fingerprint density at radius 2 is 1.76 bits per heavy atom. The Kier molecular flexibility index (Phi) is 6.22. The Balaban J connectivity index is 1.20. The molecule has 1 saturated carbocycles. The summed E-state index contributed by atoms with van der Waals surface area (Å²) in [6.07, 6.45) is 9.03. The standard InChI is InChI=1S/C25H34FN5O3/c1-27-23(33)18-14-20-21(15-19(18)26)31(24(34)28-20)17-4-10-29(11-5-17)16-22(32)30-12-8-25(9-13-30)6-2-3-7-25/h14-15,17H,2-13,16H2,1H3,(H,27,33)(H,28,34).